The first-order chi connectivity index (χ1) is 9.53. The van der Waals surface area contributed by atoms with Crippen molar-refractivity contribution in [3.05, 3.63) is 36.4 Å². The summed E-state index contributed by atoms with van der Waals surface area (Å²) in [5.74, 6) is 0. The van der Waals surface area contributed by atoms with Crippen molar-refractivity contribution in [3.8, 4) is 0 Å². The maximum Gasteiger partial charge on any atom is 0.244 e. The Morgan fingerprint density at radius 1 is 1.35 bits per heavy atom. The van der Waals surface area contributed by atoms with E-state index in [1.54, 1.807) is 24.0 Å². The van der Waals surface area contributed by atoms with Crippen LogP contribution in [0.25, 0.3) is 0 Å². The van der Waals surface area contributed by atoms with Gasteiger partial charge in [0.25, 0.3) is 0 Å². The minimum atomic E-state index is -3.58. The number of nitrogens with one attached hydrogen (secondary N) is 2. The van der Waals surface area contributed by atoms with Crippen LogP contribution >= 0.6 is 0 Å². The number of anilines is 1. The fraction of sp³-hybridized carbons (Fsp3) is 0.333. The minimum Gasteiger partial charge on any atom is -0.387 e. The Bertz CT molecular complexity index is 681. The molecule has 0 atom stereocenters. The number of aromatic nitrogens is 3. The molecule has 0 saturated heterocycles. The molecule has 0 fully saturated rings. The molecular weight excluding hydrogens is 278 g/mol. The highest BCUT2D eigenvalue weighted by atomic mass is 32.2. The standard InChI is InChI=1S/C12H17N5O2S/c1-13-11-4-6-14-9-12(11)20(18,19)15-7-3-10-5-8-17(2)16-10/h4-6,8-9,15H,3,7H2,1-2H3,(H,13,14). The van der Waals surface area contributed by atoms with Gasteiger partial charge in [-0.1, -0.05) is 0 Å². The first-order valence-electron chi connectivity index (χ1n) is 6.13. The van der Waals surface area contributed by atoms with Crippen molar-refractivity contribution in [2.75, 3.05) is 18.9 Å². The number of hydrogen-bond acceptors (Lipinski definition) is 5. The maximum atomic E-state index is 12.2. The number of aryl methyl sites for hydroxylation is 1. The lowest BCUT2D eigenvalue weighted by Crippen LogP contribution is -2.27. The molecule has 0 spiro atoms. The van der Waals surface area contributed by atoms with E-state index in [4.69, 9.17) is 0 Å². The Labute approximate surface area is 118 Å². The van der Waals surface area contributed by atoms with Crippen molar-refractivity contribution in [2.24, 2.45) is 7.05 Å². The molecule has 0 aliphatic carbocycles. The summed E-state index contributed by atoms with van der Waals surface area (Å²) in [7, 11) is -0.0851. The van der Waals surface area contributed by atoms with Gasteiger partial charge in [0, 0.05) is 45.7 Å². The molecule has 8 heteroatoms. The zero-order chi connectivity index (χ0) is 14.6. The third-order valence-electron chi connectivity index (χ3n) is 2.79. The second-order valence-corrected chi connectivity index (χ2v) is 5.99. The molecule has 2 aromatic heterocycles. The lowest BCUT2D eigenvalue weighted by molar-refractivity contribution is 0.581. The summed E-state index contributed by atoms with van der Waals surface area (Å²) < 4.78 is 28.6. The van der Waals surface area contributed by atoms with Crippen molar-refractivity contribution < 1.29 is 8.42 Å². The van der Waals surface area contributed by atoms with Crippen LogP contribution in [0.2, 0.25) is 0 Å². The minimum absolute atomic E-state index is 0.142. The Balaban J connectivity index is 2.04. The molecule has 0 saturated carbocycles. The van der Waals surface area contributed by atoms with Crippen LogP contribution in [0, 0.1) is 0 Å². The second kappa shape index (κ2) is 6.02. The number of sulfonamides is 1. The Morgan fingerprint density at radius 3 is 2.80 bits per heavy atom. The summed E-state index contributed by atoms with van der Waals surface area (Å²) >= 11 is 0. The molecule has 2 heterocycles. The summed E-state index contributed by atoms with van der Waals surface area (Å²) in [6.07, 6.45) is 5.23. The van der Waals surface area contributed by atoms with Crippen LogP contribution in [0.4, 0.5) is 5.69 Å². The predicted molar refractivity (Wildman–Crippen MR) is 75.9 cm³/mol. The lowest BCUT2D eigenvalue weighted by atomic mass is 10.3. The van der Waals surface area contributed by atoms with E-state index in [0.29, 0.717) is 12.1 Å². The van der Waals surface area contributed by atoms with Crippen LogP contribution in [0.1, 0.15) is 5.69 Å². The normalized spacial score (nSPS) is 11.5. The molecule has 108 valence electrons. The average molecular weight is 295 g/mol. The van der Waals surface area contributed by atoms with E-state index in [2.05, 4.69) is 20.1 Å². The molecule has 7 nitrogen and oxygen atoms in total. The van der Waals surface area contributed by atoms with Crippen molar-refractivity contribution in [1.29, 1.82) is 0 Å². The topological polar surface area (TPSA) is 88.9 Å². The van der Waals surface area contributed by atoms with E-state index >= 15 is 0 Å². The maximum absolute atomic E-state index is 12.2. The SMILES string of the molecule is CNc1ccncc1S(=O)(=O)NCCc1ccn(C)n1. The molecule has 0 radical (unpaired) electrons. The van der Waals surface area contributed by atoms with Crippen LogP contribution in [0.15, 0.2) is 35.6 Å². The smallest absolute Gasteiger partial charge is 0.244 e. The molecule has 0 amide bonds. The van der Waals surface area contributed by atoms with Crippen LogP contribution in [-0.2, 0) is 23.5 Å². The average Bonchev–Trinajstić information content (AvgIpc) is 2.84. The van der Waals surface area contributed by atoms with Crippen LogP contribution < -0.4 is 10.0 Å². The largest absolute Gasteiger partial charge is 0.387 e. The van der Waals surface area contributed by atoms with Gasteiger partial charge in [0.15, 0.2) is 0 Å². The van der Waals surface area contributed by atoms with Gasteiger partial charge in [0.2, 0.25) is 10.0 Å². The first-order valence-corrected chi connectivity index (χ1v) is 7.61. The van der Waals surface area contributed by atoms with Crippen molar-refractivity contribution in [1.82, 2.24) is 19.5 Å². The fourth-order valence-electron chi connectivity index (χ4n) is 1.79. The number of nitrogens with zero attached hydrogens (tertiary/aromatic N) is 3. The molecule has 0 unspecified atom stereocenters. The van der Waals surface area contributed by atoms with Crippen LogP contribution in [0.5, 0.6) is 0 Å². The van der Waals surface area contributed by atoms with Crippen LogP contribution in [-0.4, -0.2) is 36.8 Å². The molecule has 0 bridgehead atoms. The Morgan fingerprint density at radius 2 is 2.15 bits per heavy atom. The van der Waals surface area contributed by atoms with Gasteiger partial charge in [0.05, 0.1) is 11.4 Å². The lowest BCUT2D eigenvalue weighted by Gasteiger charge is -2.09. The number of pyridine rings is 1. The monoisotopic (exact) mass is 295 g/mol. The van der Waals surface area contributed by atoms with E-state index in [0.717, 1.165) is 5.69 Å². The quantitative estimate of drug-likeness (QED) is 0.804. The summed E-state index contributed by atoms with van der Waals surface area (Å²) in [5, 5.41) is 7.03. The molecule has 20 heavy (non-hydrogen) atoms. The van der Waals surface area contributed by atoms with Gasteiger partial charge in [-0.25, -0.2) is 13.1 Å². The van der Waals surface area contributed by atoms with Gasteiger partial charge in [-0.05, 0) is 12.1 Å². The third-order valence-corrected chi connectivity index (χ3v) is 4.27. The van der Waals surface area contributed by atoms with E-state index in [1.165, 1.54) is 6.20 Å². The molecule has 0 aromatic carbocycles. The number of hydrogen-bond donors (Lipinski definition) is 2. The van der Waals surface area contributed by atoms with Gasteiger partial charge >= 0.3 is 0 Å². The Hall–Kier alpha value is -1.93. The first kappa shape index (κ1) is 14.5. The summed E-state index contributed by atoms with van der Waals surface area (Å²) in [5.41, 5.74) is 1.36. The molecular formula is C12H17N5O2S. The zero-order valence-corrected chi connectivity index (χ0v) is 12.2. The molecule has 2 rings (SSSR count). The fourth-order valence-corrected chi connectivity index (χ4v) is 2.97. The highest BCUT2D eigenvalue weighted by molar-refractivity contribution is 7.89. The van der Waals surface area contributed by atoms with E-state index in [1.807, 2.05) is 19.3 Å². The van der Waals surface area contributed by atoms with E-state index in [9.17, 15) is 8.42 Å². The summed E-state index contributed by atoms with van der Waals surface area (Å²) in [6, 6.07) is 3.48. The van der Waals surface area contributed by atoms with Gasteiger partial charge in [-0.15, -0.1) is 0 Å². The summed E-state index contributed by atoms with van der Waals surface area (Å²) in [6.45, 7) is 0.289. The second-order valence-electron chi connectivity index (χ2n) is 4.25. The number of rotatable bonds is 6. The van der Waals surface area contributed by atoms with Crippen molar-refractivity contribution >= 4 is 15.7 Å². The van der Waals surface area contributed by atoms with Crippen molar-refractivity contribution in [2.45, 2.75) is 11.3 Å². The van der Waals surface area contributed by atoms with Crippen molar-refractivity contribution in [3.63, 3.8) is 0 Å². The van der Waals surface area contributed by atoms with Gasteiger partial charge in [-0.3, -0.25) is 9.67 Å². The molecule has 0 aliphatic heterocycles. The van der Waals surface area contributed by atoms with Gasteiger partial charge < -0.3 is 5.32 Å². The van der Waals surface area contributed by atoms with E-state index < -0.39 is 10.0 Å². The highest BCUT2D eigenvalue weighted by Crippen LogP contribution is 2.18. The molecule has 0 aliphatic rings. The molecule has 2 N–H and O–H groups in total. The van der Waals surface area contributed by atoms with Gasteiger partial charge in [-0.2, -0.15) is 5.10 Å². The van der Waals surface area contributed by atoms with Gasteiger partial charge in [0.1, 0.15) is 4.90 Å². The highest BCUT2D eigenvalue weighted by Gasteiger charge is 2.17. The zero-order valence-electron chi connectivity index (χ0n) is 11.4. The predicted octanol–water partition coefficient (Wildman–Crippen LogP) is 0.378. The molecule has 2 aromatic rings. The van der Waals surface area contributed by atoms with Crippen LogP contribution in [0.3, 0.4) is 0 Å². The van der Waals surface area contributed by atoms with E-state index in [-0.39, 0.29) is 11.4 Å². The summed E-state index contributed by atoms with van der Waals surface area (Å²) in [4.78, 5) is 4.00. The Kier molecular flexibility index (Phi) is 4.35. The third kappa shape index (κ3) is 3.34.